The molecule has 3 aromatic rings. The van der Waals surface area contributed by atoms with Gasteiger partial charge < -0.3 is 14.0 Å². The lowest BCUT2D eigenvalue weighted by atomic mass is 10.1. The smallest absolute Gasteiger partial charge is 0.283 e. The van der Waals surface area contributed by atoms with Crippen molar-refractivity contribution in [3.63, 3.8) is 0 Å². The van der Waals surface area contributed by atoms with Crippen molar-refractivity contribution < 1.29 is 14.3 Å². The summed E-state index contributed by atoms with van der Waals surface area (Å²) in [4.78, 5) is 17.2. The van der Waals surface area contributed by atoms with E-state index in [1.165, 1.54) is 16.8 Å². The molecule has 0 atom stereocenters. The van der Waals surface area contributed by atoms with E-state index in [9.17, 15) is 4.79 Å². The SMILES string of the molecule is COc1ccc(OC)c(-n2c(C)cc(C=C3C(=N)N4N=C(c5ccccc5C)SC4=NC3=O)c2C)c1. The highest BCUT2D eigenvalue weighted by atomic mass is 32.2. The molecule has 0 saturated heterocycles. The van der Waals surface area contributed by atoms with Crippen LogP contribution in [0.1, 0.15) is 28.1 Å². The number of carbonyl (C=O) groups excluding carboxylic acids is 1. The molecule has 5 rings (SSSR count). The summed E-state index contributed by atoms with van der Waals surface area (Å²) in [5.74, 6) is 0.950. The van der Waals surface area contributed by atoms with Gasteiger partial charge in [0.2, 0.25) is 5.17 Å². The summed E-state index contributed by atoms with van der Waals surface area (Å²) < 4.78 is 13.0. The molecule has 182 valence electrons. The summed E-state index contributed by atoms with van der Waals surface area (Å²) in [7, 11) is 3.25. The van der Waals surface area contributed by atoms with Crippen LogP contribution in [0.25, 0.3) is 11.8 Å². The maximum absolute atomic E-state index is 13.0. The third-order valence-electron chi connectivity index (χ3n) is 6.23. The fourth-order valence-corrected chi connectivity index (χ4v) is 5.33. The zero-order chi connectivity index (χ0) is 25.6. The number of aliphatic imine (C=N–C) groups is 1. The van der Waals surface area contributed by atoms with Crippen molar-refractivity contribution in [1.29, 1.82) is 5.41 Å². The number of aryl methyl sites for hydroxylation is 2. The summed E-state index contributed by atoms with van der Waals surface area (Å²) in [5, 5.41) is 15.9. The number of benzene rings is 2. The number of fused-ring (bicyclic) bond motifs is 1. The fourth-order valence-electron chi connectivity index (χ4n) is 4.35. The van der Waals surface area contributed by atoms with Crippen molar-refractivity contribution in [2.45, 2.75) is 20.8 Å². The number of ether oxygens (including phenoxy) is 2. The van der Waals surface area contributed by atoms with E-state index < -0.39 is 5.91 Å². The second kappa shape index (κ2) is 9.16. The van der Waals surface area contributed by atoms with Gasteiger partial charge in [0.1, 0.15) is 16.5 Å². The minimum Gasteiger partial charge on any atom is -0.497 e. The zero-order valence-electron chi connectivity index (χ0n) is 20.6. The van der Waals surface area contributed by atoms with Crippen LogP contribution in [-0.4, -0.2) is 45.7 Å². The van der Waals surface area contributed by atoms with E-state index in [2.05, 4.69) is 10.1 Å². The Hall–Kier alpha value is -4.11. The molecule has 9 heteroatoms. The molecule has 1 amide bonds. The van der Waals surface area contributed by atoms with E-state index in [-0.39, 0.29) is 11.4 Å². The van der Waals surface area contributed by atoms with E-state index in [0.29, 0.717) is 21.7 Å². The van der Waals surface area contributed by atoms with E-state index in [1.54, 1.807) is 20.3 Å². The third kappa shape index (κ3) is 3.91. The normalized spacial score (nSPS) is 16.2. The van der Waals surface area contributed by atoms with Crippen molar-refractivity contribution in [1.82, 2.24) is 9.58 Å². The first-order chi connectivity index (χ1) is 17.3. The van der Waals surface area contributed by atoms with Gasteiger partial charge in [-0.05, 0) is 67.9 Å². The van der Waals surface area contributed by atoms with Crippen LogP contribution in [0.3, 0.4) is 0 Å². The molecular formula is C27H25N5O3S. The van der Waals surface area contributed by atoms with Crippen LogP contribution < -0.4 is 9.47 Å². The molecule has 0 saturated carbocycles. The van der Waals surface area contributed by atoms with Gasteiger partial charge in [0.15, 0.2) is 5.84 Å². The Balaban J connectivity index is 1.54. The lowest BCUT2D eigenvalue weighted by Crippen LogP contribution is -2.35. The molecule has 36 heavy (non-hydrogen) atoms. The minimum atomic E-state index is -0.455. The van der Waals surface area contributed by atoms with Crippen molar-refractivity contribution in [3.05, 3.63) is 82.2 Å². The fraction of sp³-hybridized carbons (Fsp3) is 0.185. The van der Waals surface area contributed by atoms with Crippen LogP contribution in [0.15, 0.2) is 64.2 Å². The molecule has 0 spiro atoms. The zero-order valence-corrected chi connectivity index (χ0v) is 21.4. The Morgan fingerprint density at radius 2 is 1.81 bits per heavy atom. The number of nitrogens with zero attached hydrogens (tertiary/aromatic N) is 4. The second-order valence-electron chi connectivity index (χ2n) is 8.44. The van der Waals surface area contributed by atoms with Crippen LogP contribution in [0.2, 0.25) is 0 Å². The van der Waals surface area contributed by atoms with Gasteiger partial charge in [0, 0.05) is 23.0 Å². The minimum absolute atomic E-state index is 0.00449. The standard InChI is InChI=1S/C27H25N5O3S/c1-15-8-6-7-9-20(15)26-30-32-24(28)21(25(33)29-27(32)36-26)13-18-12-16(2)31(17(18)3)22-14-19(34-4)10-11-23(22)35-5/h6-14,28H,1-5H3. The Morgan fingerprint density at radius 1 is 1.03 bits per heavy atom. The highest BCUT2D eigenvalue weighted by molar-refractivity contribution is 8.27. The van der Waals surface area contributed by atoms with Gasteiger partial charge in [-0.3, -0.25) is 10.2 Å². The molecule has 0 fully saturated rings. The van der Waals surface area contributed by atoms with Crippen LogP contribution in [0.4, 0.5) is 0 Å². The number of hydrogen-bond donors (Lipinski definition) is 1. The molecular weight excluding hydrogens is 474 g/mol. The molecule has 0 radical (unpaired) electrons. The number of methoxy groups -OCH3 is 2. The molecule has 0 unspecified atom stereocenters. The molecule has 1 aromatic heterocycles. The predicted octanol–water partition coefficient (Wildman–Crippen LogP) is 5.09. The number of aromatic nitrogens is 1. The van der Waals surface area contributed by atoms with Gasteiger partial charge in [0.25, 0.3) is 5.91 Å². The summed E-state index contributed by atoms with van der Waals surface area (Å²) in [6, 6.07) is 15.5. The third-order valence-corrected chi connectivity index (χ3v) is 7.17. The summed E-state index contributed by atoms with van der Waals surface area (Å²) in [6.07, 6.45) is 1.71. The Bertz CT molecular complexity index is 1520. The first kappa shape index (κ1) is 23.6. The van der Waals surface area contributed by atoms with Crippen LogP contribution >= 0.6 is 11.8 Å². The van der Waals surface area contributed by atoms with Gasteiger partial charge in [-0.2, -0.15) is 15.1 Å². The number of amidine groups is 2. The average molecular weight is 500 g/mol. The van der Waals surface area contributed by atoms with Gasteiger partial charge in [-0.1, -0.05) is 24.3 Å². The monoisotopic (exact) mass is 499 g/mol. The predicted molar refractivity (Wildman–Crippen MR) is 144 cm³/mol. The Kier molecular flexibility index (Phi) is 6.01. The number of nitrogens with one attached hydrogen (secondary N) is 1. The summed E-state index contributed by atoms with van der Waals surface area (Å²) in [6.45, 7) is 5.95. The quantitative estimate of drug-likeness (QED) is 0.494. The number of amides is 1. The summed E-state index contributed by atoms with van der Waals surface area (Å²) in [5.41, 5.74) is 5.68. The first-order valence-electron chi connectivity index (χ1n) is 11.3. The van der Waals surface area contributed by atoms with Gasteiger partial charge in [-0.15, -0.1) is 0 Å². The van der Waals surface area contributed by atoms with E-state index in [1.807, 2.05) is 73.9 Å². The molecule has 2 aliphatic heterocycles. The number of rotatable bonds is 5. The van der Waals surface area contributed by atoms with Crippen molar-refractivity contribution in [3.8, 4) is 17.2 Å². The highest BCUT2D eigenvalue weighted by Gasteiger charge is 2.36. The first-order valence-corrected chi connectivity index (χ1v) is 12.1. The second-order valence-corrected chi connectivity index (χ2v) is 9.40. The molecule has 3 heterocycles. The number of thioether (sulfide) groups is 1. The number of hydrogen-bond acceptors (Lipinski definition) is 6. The van der Waals surface area contributed by atoms with Crippen molar-refractivity contribution in [2.75, 3.05) is 14.2 Å². The molecule has 2 aliphatic rings. The molecule has 1 N–H and O–H groups in total. The van der Waals surface area contributed by atoms with Crippen LogP contribution in [0, 0.1) is 26.2 Å². The number of hydrazone groups is 1. The topological polar surface area (TPSA) is 92.3 Å². The van der Waals surface area contributed by atoms with Crippen molar-refractivity contribution >= 4 is 39.8 Å². The lowest BCUT2D eigenvalue weighted by Gasteiger charge is -2.20. The maximum Gasteiger partial charge on any atom is 0.283 e. The largest absolute Gasteiger partial charge is 0.497 e. The number of carbonyl (C=O) groups is 1. The Morgan fingerprint density at radius 3 is 2.53 bits per heavy atom. The van der Waals surface area contributed by atoms with E-state index in [4.69, 9.17) is 14.9 Å². The van der Waals surface area contributed by atoms with Gasteiger partial charge in [0.05, 0.1) is 25.5 Å². The van der Waals surface area contributed by atoms with Crippen LogP contribution in [-0.2, 0) is 4.79 Å². The van der Waals surface area contributed by atoms with E-state index in [0.717, 1.165) is 33.8 Å². The molecule has 2 aromatic carbocycles. The van der Waals surface area contributed by atoms with Gasteiger partial charge in [-0.25, -0.2) is 0 Å². The van der Waals surface area contributed by atoms with Crippen LogP contribution in [0.5, 0.6) is 11.5 Å². The molecule has 0 aliphatic carbocycles. The molecule has 0 bridgehead atoms. The average Bonchev–Trinajstić information content (AvgIpc) is 3.41. The molecule has 8 nitrogen and oxygen atoms in total. The lowest BCUT2D eigenvalue weighted by molar-refractivity contribution is -0.114. The van der Waals surface area contributed by atoms with E-state index >= 15 is 0 Å². The highest BCUT2D eigenvalue weighted by Crippen LogP contribution is 2.34. The maximum atomic E-state index is 13.0. The summed E-state index contributed by atoms with van der Waals surface area (Å²) >= 11 is 1.30. The van der Waals surface area contributed by atoms with Gasteiger partial charge >= 0.3 is 0 Å². The van der Waals surface area contributed by atoms with Crippen molar-refractivity contribution in [2.24, 2.45) is 10.1 Å². The Labute approximate surface area is 213 Å².